The van der Waals surface area contributed by atoms with Gasteiger partial charge in [0.1, 0.15) is 5.75 Å². The van der Waals surface area contributed by atoms with E-state index < -0.39 is 0 Å². The summed E-state index contributed by atoms with van der Waals surface area (Å²) in [6.45, 7) is 1.21. The molecule has 5 heteroatoms. The van der Waals surface area contributed by atoms with Crippen LogP contribution in [-0.4, -0.2) is 25.5 Å². The van der Waals surface area contributed by atoms with Gasteiger partial charge in [-0.25, -0.2) is 0 Å². The Kier molecular flexibility index (Phi) is 5.33. The highest BCUT2D eigenvalue weighted by Gasteiger charge is 2.21. The van der Waals surface area contributed by atoms with Gasteiger partial charge in [0.25, 0.3) is 0 Å². The third kappa shape index (κ3) is 4.18. The van der Waals surface area contributed by atoms with Gasteiger partial charge in [0, 0.05) is 30.8 Å². The molecule has 0 aromatic heterocycles. The second-order valence-electron chi connectivity index (χ2n) is 6.08. The maximum Gasteiger partial charge on any atom is 0.227 e. The molecule has 0 spiro atoms. The van der Waals surface area contributed by atoms with Crippen molar-refractivity contribution in [1.82, 2.24) is 5.32 Å². The first-order valence-corrected chi connectivity index (χ1v) is 8.45. The molecule has 0 aliphatic carbocycles. The maximum atomic E-state index is 12.2. The monoisotopic (exact) mass is 338 g/mol. The molecule has 3 rings (SSSR count). The van der Waals surface area contributed by atoms with Gasteiger partial charge in [-0.05, 0) is 30.2 Å². The first-order valence-electron chi connectivity index (χ1n) is 8.45. The Balaban J connectivity index is 1.55. The number of benzene rings is 2. The maximum absolute atomic E-state index is 12.2. The summed E-state index contributed by atoms with van der Waals surface area (Å²) < 4.78 is 5.28. The van der Waals surface area contributed by atoms with Gasteiger partial charge in [-0.15, -0.1) is 0 Å². The quantitative estimate of drug-likeness (QED) is 0.881. The van der Waals surface area contributed by atoms with Crippen LogP contribution in [0.15, 0.2) is 48.5 Å². The summed E-state index contributed by atoms with van der Waals surface area (Å²) in [5.41, 5.74) is 2.77. The number of amides is 2. The van der Waals surface area contributed by atoms with E-state index in [1.54, 1.807) is 12.0 Å². The topological polar surface area (TPSA) is 58.6 Å². The third-order valence-electron chi connectivity index (χ3n) is 4.35. The third-order valence-corrected chi connectivity index (χ3v) is 4.35. The highest BCUT2D eigenvalue weighted by molar-refractivity contribution is 5.95. The van der Waals surface area contributed by atoms with Crippen LogP contribution in [-0.2, 0) is 22.6 Å². The van der Waals surface area contributed by atoms with Gasteiger partial charge in [0.05, 0.1) is 13.5 Å². The van der Waals surface area contributed by atoms with E-state index in [0.29, 0.717) is 19.4 Å². The Labute approximate surface area is 147 Å². The number of rotatable bonds is 6. The highest BCUT2D eigenvalue weighted by atomic mass is 16.5. The molecule has 0 bridgehead atoms. The summed E-state index contributed by atoms with van der Waals surface area (Å²) in [6, 6.07) is 15.3. The van der Waals surface area contributed by atoms with Gasteiger partial charge in [-0.1, -0.05) is 30.3 Å². The van der Waals surface area contributed by atoms with Crippen molar-refractivity contribution in [3.8, 4) is 5.75 Å². The molecule has 1 aliphatic rings. The number of carbonyl (C=O) groups is 2. The lowest BCUT2D eigenvalue weighted by atomic mass is 10.1. The number of ether oxygens (including phenoxy) is 1. The molecule has 1 N–H and O–H groups in total. The normalized spacial score (nSPS) is 13.8. The molecule has 2 amide bonds. The zero-order chi connectivity index (χ0) is 17.6. The lowest BCUT2D eigenvalue weighted by molar-refractivity contribution is -0.120. The summed E-state index contributed by atoms with van der Waals surface area (Å²) in [6.07, 6.45) is 1.84. The SMILES string of the molecule is COc1ccccc1CNC(=O)Cc1ccc(N2CCCC2=O)cc1. The standard InChI is InChI=1S/C20H22N2O3/c1-25-18-6-3-2-5-16(18)14-21-19(23)13-15-8-10-17(11-9-15)22-12-4-7-20(22)24/h2-3,5-6,8-11H,4,7,12-14H2,1H3,(H,21,23). The smallest absolute Gasteiger partial charge is 0.227 e. The number of hydrogen-bond donors (Lipinski definition) is 1. The summed E-state index contributed by atoms with van der Waals surface area (Å²) in [5.74, 6) is 0.889. The van der Waals surface area contributed by atoms with Crippen molar-refractivity contribution in [2.24, 2.45) is 0 Å². The molecule has 1 fully saturated rings. The molecule has 0 radical (unpaired) electrons. The van der Waals surface area contributed by atoms with Crippen LogP contribution < -0.4 is 15.0 Å². The van der Waals surface area contributed by atoms with Gasteiger partial charge < -0.3 is 15.0 Å². The number of nitrogens with one attached hydrogen (secondary N) is 1. The van der Waals surface area contributed by atoms with Crippen LogP contribution in [0, 0.1) is 0 Å². The van der Waals surface area contributed by atoms with Crippen LogP contribution in [0.1, 0.15) is 24.0 Å². The van der Waals surface area contributed by atoms with Crippen molar-refractivity contribution < 1.29 is 14.3 Å². The summed E-state index contributed by atoms with van der Waals surface area (Å²) >= 11 is 0. The molecular weight excluding hydrogens is 316 g/mol. The number of para-hydroxylation sites is 1. The second kappa shape index (κ2) is 7.83. The first-order chi connectivity index (χ1) is 12.2. The largest absolute Gasteiger partial charge is 0.496 e. The minimum Gasteiger partial charge on any atom is -0.496 e. The molecule has 0 saturated carbocycles. The Morgan fingerprint density at radius 3 is 2.60 bits per heavy atom. The molecule has 2 aromatic rings. The molecule has 5 nitrogen and oxygen atoms in total. The van der Waals surface area contributed by atoms with Crippen LogP contribution in [0.25, 0.3) is 0 Å². The van der Waals surface area contributed by atoms with Crippen LogP contribution in [0.4, 0.5) is 5.69 Å². The minimum absolute atomic E-state index is 0.0455. The van der Waals surface area contributed by atoms with Crippen molar-refractivity contribution >= 4 is 17.5 Å². The number of hydrogen-bond acceptors (Lipinski definition) is 3. The summed E-state index contributed by atoms with van der Waals surface area (Å²) in [5, 5.41) is 2.92. The average Bonchev–Trinajstić information content (AvgIpc) is 3.07. The fourth-order valence-electron chi connectivity index (χ4n) is 3.01. The lowest BCUT2D eigenvalue weighted by Crippen LogP contribution is -2.25. The van der Waals surface area contributed by atoms with E-state index in [2.05, 4.69) is 5.32 Å². The van der Waals surface area contributed by atoms with Gasteiger partial charge >= 0.3 is 0 Å². The van der Waals surface area contributed by atoms with E-state index in [-0.39, 0.29) is 11.8 Å². The van der Waals surface area contributed by atoms with E-state index in [4.69, 9.17) is 4.74 Å². The van der Waals surface area contributed by atoms with Gasteiger partial charge in [0.15, 0.2) is 0 Å². The average molecular weight is 338 g/mol. The predicted octanol–water partition coefficient (Wildman–Crippen LogP) is 2.68. The Bertz CT molecular complexity index is 756. The summed E-state index contributed by atoms with van der Waals surface area (Å²) in [7, 11) is 1.62. The lowest BCUT2D eigenvalue weighted by Gasteiger charge is -2.16. The number of carbonyl (C=O) groups excluding carboxylic acids is 2. The molecule has 1 heterocycles. The molecular formula is C20H22N2O3. The Morgan fingerprint density at radius 1 is 1.16 bits per heavy atom. The van der Waals surface area contributed by atoms with E-state index >= 15 is 0 Å². The molecule has 2 aromatic carbocycles. The molecule has 25 heavy (non-hydrogen) atoms. The van der Waals surface area contributed by atoms with E-state index in [9.17, 15) is 9.59 Å². The van der Waals surface area contributed by atoms with Crippen LogP contribution in [0.2, 0.25) is 0 Å². The highest BCUT2D eigenvalue weighted by Crippen LogP contribution is 2.22. The van der Waals surface area contributed by atoms with Crippen molar-refractivity contribution in [3.63, 3.8) is 0 Å². The van der Waals surface area contributed by atoms with Gasteiger partial charge in [-0.2, -0.15) is 0 Å². The van der Waals surface area contributed by atoms with Crippen molar-refractivity contribution in [2.75, 3.05) is 18.6 Å². The van der Waals surface area contributed by atoms with Crippen molar-refractivity contribution in [2.45, 2.75) is 25.8 Å². The minimum atomic E-state index is -0.0455. The summed E-state index contributed by atoms with van der Waals surface area (Å²) in [4.78, 5) is 25.7. The zero-order valence-electron chi connectivity index (χ0n) is 14.3. The van der Waals surface area contributed by atoms with E-state index in [1.165, 1.54) is 0 Å². The first kappa shape index (κ1) is 17.0. The molecule has 0 unspecified atom stereocenters. The van der Waals surface area contributed by atoms with Crippen LogP contribution in [0.3, 0.4) is 0 Å². The van der Waals surface area contributed by atoms with Crippen molar-refractivity contribution in [1.29, 1.82) is 0 Å². The molecule has 0 atom stereocenters. The van der Waals surface area contributed by atoms with Crippen LogP contribution >= 0.6 is 0 Å². The number of nitrogens with zero attached hydrogens (tertiary/aromatic N) is 1. The Morgan fingerprint density at radius 2 is 1.92 bits per heavy atom. The molecule has 130 valence electrons. The Hall–Kier alpha value is -2.82. The van der Waals surface area contributed by atoms with E-state index in [1.807, 2.05) is 48.5 Å². The molecule has 1 aliphatic heterocycles. The number of anilines is 1. The molecule has 1 saturated heterocycles. The fourth-order valence-corrected chi connectivity index (χ4v) is 3.01. The fraction of sp³-hybridized carbons (Fsp3) is 0.300. The zero-order valence-corrected chi connectivity index (χ0v) is 14.3. The predicted molar refractivity (Wildman–Crippen MR) is 96.6 cm³/mol. The van der Waals surface area contributed by atoms with Crippen LogP contribution in [0.5, 0.6) is 5.75 Å². The van der Waals surface area contributed by atoms with E-state index in [0.717, 1.165) is 35.5 Å². The number of methoxy groups -OCH3 is 1. The van der Waals surface area contributed by atoms with Gasteiger partial charge in [0.2, 0.25) is 11.8 Å². The van der Waals surface area contributed by atoms with Crippen molar-refractivity contribution in [3.05, 3.63) is 59.7 Å². The second-order valence-corrected chi connectivity index (χ2v) is 6.08. The van der Waals surface area contributed by atoms with Gasteiger partial charge in [-0.3, -0.25) is 9.59 Å².